The molecule has 0 unspecified atom stereocenters. The van der Waals surface area contributed by atoms with Crippen molar-refractivity contribution in [1.29, 1.82) is 0 Å². The normalized spacial score (nSPS) is 19.9. The highest BCUT2D eigenvalue weighted by Crippen LogP contribution is 2.37. The summed E-state index contributed by atoms with van der Waals surface area (Å²) in [5.41, 5.74) is 1.28. The third-order valence-corrected chi connectivity index (χ3v) is 4.30. The van der Waals surface area contributed by atoms with Crippen LogP contribution in [0, 0.1) is 12.8 Å². The Labute approximate surface area is 105 Å². The zero-order valence-corrected chi connectivity index (χ0v) is 11.2. The van der Waals surface area contributed by atoms with Gasteiger partial charge in [-0.25, -0.2) is 4.98 Å². The summed E-state index contributed by atoms with van der Waals surface area (Å²) in [5.74, 6) is 2.11. The predicted octanol–water partition coefficient (Wildman–Crippen LogP) is 3.53. The molecule has 0 radical (unpaired) electrons. The first-order valence-electron chi connectivity index (χ1n) is 6.13. The largest absolute Gasteiger partial charge is 0.353 e. The Bertz CT molecular complexity index is 397. The number of rotatable bonds is 4. The van der Waals surface area contributed by atoms with Crippen LogP contribution < -0.4 is 4.90 Å². The Morgan fingerprint density at radius 3 is 2.69 bits per heavy atom. The zero-order valence-electron chi connectivity index (χ0n) is 9.62. The van der Waals surface area contributed by atoms with E-state index in [0.717, 1.165) is 16.4 Å². The number of anilines is 1. The van der Waals surface area contributed by atoms with Gasteiger partial charge in [-0.2, -0.15) is 0 Å². The summed E-state index contributed by atoms with van der Waals surface area (Å²) in [5, 5.41) is 0. The fourth-order valence-corrected chi connectivity index (χ4v) is 2.29. The van der Waals surface area contributed by atoms with Crippen LogP contribution in [0.1, 0.15) is 31.2 Å². The maximum Gasteiger partial charge on any atom is 0.129 e. The number of aryl methyl sites for hydroxylation is 1. The number of hydrogen-bond acceptors (Lipinski definition) is 2. The van der Waals surface area contributed by atoms with E-state index in [-0.39, 0.29) is 0 Å². The van der Waals surface area contributed by atoms with Gasteiger partial charge in [-0.05, 0) is 66.1 Å². The van der Waals surface area contributed by atoms with Crippen LogP contribution in [-0.2, 0) is 0 Å². The predicted molar refractivity (Wildman–Crippen MR) is 69.8 cm³/mol. The minimum Gasteiger partial charge on any atom is -0.353 e. The van der Waals surface area contributed by atoms with E-state index < -0.39 is 0 Å². The van der Waals surface area contributed by atoms with Crippen LogP contribution in [0.2, 0.25) is 0 Å². The highest BCUT2D eigenvalue weighted by Gasteiger charge is 2.34. The SMILES string of the molecule is Cc1cc(N(CC2CC2)C2CC2)ncc1Br. The van der Waals surface area contributed by atoms with Gasteiger partial charge in [0.2, 0.25) is 0 Å². The molecule has 16 heavy (non-hydrogen) atoms. The number of hydrogen-bond donors (Lipinski definition) is 0. The van der Waals surface area contributed by atoms with Crippen LogP contribution in [0.5, 0.6) is 0 Å². The fourth-order valence-electron chi connectivity index (χ4n) is 2.08. The lowest BCUT2D eigenvalue weighted by Gasteiger charge is -2.23. The molecule has 2 fully saturated rings. The molecular weight excluding hydrogens is 264 g/mol. The molecule has 1 aromatic rings. The van der Waals surface area contributed by atoms with Gasteiger partial charge in [-0.3, -0.25) is 0 Å². The standard InChI is InChI=1S/C13H17BrN2/c1-9-6-13(15-7-12(9)14)16(11-4-5-11)8-10-2-3-10/h6-7,10-11H,2-5,8H2,1H3. The molecule has 0 aromatic carbocycles. The summed E-state index contributed by atoms with van der Waals surface area (Å²) < 4.78 is 1.11. The first-order chi connectivity index (χ1) is 7.74. The number of pyridine rings is 1. The Balaban J connectivity index is 1.82. The van der Waals surface area contributed by atoms with Crippen molar-refractivity contribution in [3.63, 3.8) is 0 Å². The summed E-state index contributed by atoms with van der Waals surface area (Å²) in [6.07, 6.45) is 7.47. The van der Waals surface area contributed by atoms with Crippen LogP contribution in [-0.4, -0.2) is 17.6 Å². The monoisotopic (exact) mass is 280 g/mol. The highest BCUT2D eigenvalue weighted by atomic mass is 79.9. The van der Waals surface area contributed by atoms with Gasteiger partial charge in [0.15, 0.2) is 0 Å². The maximum atomic E-state index is 4.56. The van der Waals surface area contributed by atoms with Crippen molar-refractivity contribution in [2.45, 2.75) is 38.6 Å². The highest BCUT2D eigenvalue weighted by molar-refractivity contribution is 9.10. The van der Waals surface area contributed by atoms with Gasteiger partial charge in [0.25, 0.3) is 0 Å². The molecule has 2 aliphatic rings. The van der Waals surface area contributed by atoms with Gasteiger partial charge < -0.3 is 4.90 Å². The van der Waals surface area contributed by atoms with Crippen LogP contribution >= 0.6 is 15.9 Å². The van der Waals surface area contributed by atoms with E-state index in [2.05, 4.69) is 38.8 Å². The van der Waals surface area contributed by atoms with E-state index in [1.54, 1.807) is 0 Å². The average molecular weight is 281 g/mol. The number of halogens is 1. The molecular formula is C13H17BrN2. The molecule has 1 aromatic heterocycles. The van der Waals surface area contributed by atoms with Gasteiger partial charge in [0, 0.05) is 23.3 Å². The van der Waals surface area contributed by atoms with Gasteiger partial charge in [0.1, 0.15) is 5.82 Å². The Morgan fingerprint density at radius 2 is 2.12 bits per heavy atom. The van der Waals surface area contributed by atoms with Crippen molar-refractivity contribution in [2.24, 2.45) is 5.92 Å². The van der Waals surface area contributed by atoms with E-state index in [1.807, 2.05) is 6.20 Å². The second kappa shape index (κ2) is 4.02. The third-order valence-electron chi connectivity index (χ3n) is 3.47. The molecule has 1 heterocycles. The molecule has 0 amide bonds. The molecule has 0 N–H and O–H groups in total. The van der Waals surface area contributed by atoms with Crippen molar-refractivity contribution < 1.29 is 0 Å². The molecule has 3 heteroatoms. The lowest BCUT2D eigenvalue weighted by Crippen LogP contribution is -2.28. The second-order valence-electron chi connectivity index (χ2n) is 5.12. The Hall–Kier alpha value is -0.570. The van der Waals surface area contributed by atoms with E-state index in [4.69, 9.17) is 0 Å². The van der Waals surface area contributed by atoms with E-state index >= 15 is 0 Å². The summed E-state index contributed by atoms with van der Waals surface area (Å²) in [6, 6.07) is 2.99. The summed E-state index contributed by atoms with van der Waals surface area (Å²) in [6.45, 7) is 3.36. The van der Waals surface area contributed by atoms with Crippen LogP contribution in [0.3, 0.4) is 0 Å². The lowest BCUT2D eigenvalue weighted by atomic mass is 10.2. The van der Waals surface area contributed by atoms with Crippen LogP contribution in [0.4, 0.5) is 5.82 Å². The first-order valence-corrected chi connectivity index (χ1v) is 6.92. The van der Waals surface area contributed by atoms with Crippen molar-refractivity contribution >= 4 is 21.7 Å². The quantitative estimate of drug-likeness (QED) is 0.839. The molecule has 0 bridgehead atoms. The summed E-state index contributed by atoms with van der Waals surface area (Å²) >= 11 is 3.51. The lowest BCUT2D eigenvalue weighted by molar-refractivity contribution is 0.708. The summed E-state index contributed by atoms with van der Waals surface area (Å²) in [7, 11) is 0. The fraction of sp³-hybridized carbons (Fsp3) is 0.615. The van der Waals surface area contributed by atoms with Crippen LogP contribution in [0.25, 0.3) is 0 Å². The van der Waals surface area contributed by atoms with E-state index in [1.165, 1.54) is 43.6 Å². The van der Waals surface area contributed by atoms with Gasteiger partial charge >= 0.3 is 0 Å². The second-order valence-corrected chi connectivity index (χ2v) is 5.97. The molecule has 2 aliphatic carbocycles. The zero-order chi connectivity index (χ0) is 11.1. The molecule has 0 spiro atoms. The molecule has 3 rings (SSSR count). The Morgan fingerprint density at radius 1 is 1.38 bits per heavy atom. The van der Waals surface area contributed by atoms with E-state index in [9.17, 15) is 0 Å². The smallest absolute Gasteiger partial charge is 0.129 e. The molecule has 0 atom stereocenters. The molecule has 0 saturated heterocycles. The molecule has 86 valence electrons. The minimum absolute atomic E-state index is 0.772. The van der Waals surface area contributed by atoms with Gasteiger partial charge in [0.05, 0.1) is 0 Å². The van der Waals surface area contributed by atoms with Gasteiger partial charge in [-0.1, -0.05) is 0 Å². The Kier molecular flexibility index (Phi) is 2.66. The number of aromatic nitrogens is 1. The summed E-state index contributed by atoms with van der Waals surface area (Å²) in [4.78, 5) is 7.09. The van der Waals surface area contributed by atoms with Crippen molar-refractivity contribution in [3.05, 3.63) is 22.3 Å². The van der Waals surface area contributed by atoms with Crippen molar-refractivity contribution in [2.75, 3.05) is 11.4 Å². The van der Waals surface area contributed by atoms with Gasteiger partial charge in [-0.15, -0.1) is 0 Å². The maximum absolute atomic E-state index is 4.56. The first kappa shape index (κ1) is 10.6. The molecule has 2 nitrogen and oxygen atoms in total. The van der Waals surface area contributed by atoms with Crippen molar-refractivity contribution in [3.8, 4) is 0 Å². The molecule has 0 aliphatic heterocycles. The molecule has 2 saturated carbocycles. The average Bonchev–Trinajstić information content (AvgIpc) is 3.13. The van der Waals surface area contributed by atoms with Crippen LogP contribution in [0.15, 0.2) is 16.7 Å². The third kappa shape index (κ3) is 2.24. The minimum atomic E-state index is 0.772. The van der Waals surface area contributed by atoms with E-state index in [0.29, 0.717) is 0 Å². The topological polar surface area (TPSA) is 16.1 Å². The number of nitrogens with zero attached hydrogens (tertiary/aromatic N) is 2. The van der Waals surface area contributed by atoms with Crippen molar-refractivity contribution in [1.82, 2.24) is 4.98 Å².